The van der Waals surface area contributed by atoms with Crippen LogP contribution in [0.2, 0.25) is 0 Å². The van der Waals surface area contributed by atoms with Crippen LogP contribution in [0.5, 0.6) is 11.6 Å². The summed E-state index contributed by atoms with van der Waals surface area (Å²) in [4.78, 5) is 19.1. The van der Waals surface area contributed by atoms with Gasteiger partial charge in [0.15, 0.2) is 0 Å². The number of nitrogens with zero attached hydrogens (tertiary/aromatic N) is 2. The van der Waals surface area contributed by atoms with Crippen LogP contribution in [0.15, 0.2) is 48.7 Å². The highest BCUT2D eigenvalue weighted by atomic mass is 16.5. The summed E-state index contributed by atoms with van der Waals surface area (Å²) >= 11 is 0. The number of aromatic nitrogens is 1. The van der Waals surface area contributed by atoms with E-state index in [0.717, 1.165) is 25.6 Å². The van der Waals surface area contributed by atoms with E-state index in [1.807, 2.05) is 30.3 Å². The molecule has 2 aromatic rings. The quantitative estimate of drug-likeness (QED) is 0.877. The number of ether oxygens (including phenoxy) is 1. The minimum atomic E-state index is -0.149. The monoisotopic (exact) mass is 339 g/mol. The van der Waals surface area contributed by atoms with Crippen LogP contribution in [-0.2, 0) is 0 Å². The van der Waals surface area contributed by atoms with Crippen molar-refractivity contribution < 1.29 is 9.53 Å². The molecule has 1 saturated heterocycles. The fourth-order valence-corrected chi connectivity index (χ4v) is 3.16. The lowest BCUT2D eigenvalue weighted by molar-refractivity contribution is 0.0941. The summed E-state index contributed by atoms with van der Waals surface area (Å²) in [7, 11) is 0. The summed E-state index contributed by atoms with van der Waals surface area (Å²) in [5, 5.41) is 2.99. The minimum Gasteiger partial charge on any atom is -0.438 e. The number of para-hydroxylation sites is 1. The molecule has 1 atom stereocenters. The normalized spacial score (nSPS) is 17.9. The molecule has 5 nitrogen and oxygen atoms in total. The Morgan fingerprint density at radius 1 is 1.28 bits per heavy atom. The summed E-state index contributed by atoms with van der Waals surface area (Å²) in [6, 6.07) is 12.9. The van der Waals surface area contributed by atoms with Gasteiger partial charge in [0.1, 0.15) is 11.3 Å². The topological polar surface area (TPSA) is 54.5 Å². The van der Waals surface area contributed by atoms with Crippen LogP contribution >= 0.6 is 0 Å². The van der Waals surface area contributed by atoms with Crippen molar-refractivity contribution in [2.75, 3.05) is 26.2 Å². The predicted molar refractivity (Wildman–Crippen MR) is 97.9 cm³/mol. The van der Waals surface area contributed by atoms with Crippen LogP contribution in [-0.4, -0.2) is 42.0 Å². The number of benzene rings is 1. The van der Waals surface area contributed by atoms with Gasteiger partial charge in [-0.05, 0) is 49.6 Å². The highest BCUT2D eigenvalue weighted by Gasteiger charge is 2.17. The third-order valence-corrected chi connectivity index (χ3v) is 4.43. The Kier molecular flexibility index (Phi) is 6.01. The van der Waals surface area contributed by atoms with Crippen LogP contribution < -0.4 is 10.1 Å². The fourth-order valence-electron chi connectivity index (χ4n) is 3.16. The molecule has 1 aliphatic rings. The van der Waals surface area contributed by atoms with Gasteiger partial charge in [-0.1, -0.05) is 25.1 Å². The number of pyridine rings is 1. The number of carbonyl (C=O) groups is 1. The molecule has 5 heteroatoms. The van der Waals surface area contributed by atoms with Crippen LogP contribution in [0, 0.1) is 5.92 Å². The molecule has 0 bridgehead atoms. The lowest BCUT2D eigenvalue weighted by Crippen LogP contribution is -2.40. The number of hydrogen-bond acceptors (Lipinski definition) is 4. The average molecular weight is 339 g/mol. The standard InChI is InChI=1S/C20H25N3O2/c1-16-7-6-13-23(15-16)14-12-21-19(24)18-10-5-11-22-20(18)25-17-8-3-2-4-9-17/h2-5,8-11,16H,6-7,12-15H2,1H3,(H,21,24). The van der Waals surface area contributed by atoms with Crippen molar-refractivity contribution in [2.24, 2.45) is 5.92 Å². The van der Waals surface area contributed by atoms with E-state index >= 15 is 0 Å². The molecule has 1 aromatic heterocycles. The molecular formula is C20H25N3O2. The zero-order valence-electron chi connectivity index (χ0n) is 14.6. The van der Waals surface area contributed by atoms with Crippen LogP contribution in [0.1, 0.15) is 30.1 Å². The van der Waals surface area contributed by atoms with E-state index < -0.39 is 0 Å². The molecular weight excluding hydrogens is 314 g/mol. The molecule has 25 heavy (non-hydrogen) atoms. The molecule has 1 aliphatic heterocycles. The van der Waals surface area contributed by atoms with Gasteiger partial charge in [0.05, 0.1) is 0 Å². The molecule has 1 aromatic carbocycles. The summed E-state index contributed by atoms with van der Waals surface area (Å²) in [5.41, 5.74) is 0.457. The first-order chi connectivity index (χ1) is 12.2. The molecule has 2 heterocycles. The molecule has 0 spiro atoms. The van der Waals surface area contributed by atoms with Crippen LogP contribution in [0.25, 0.3) is 0 Å². The van der Waals surface area contributed by atoms with E-state index in [-0.39, 0.29) is 5.91 Å². The SMILES string of the molecule is CC1CCCN(CCNC(=O)c2cccnc2Oc2ccccc2)C1. The second-order valence-electron chi connectivity index (χ2n) is 6.58. The van der Waals surface area contributed by atoms with Crippen molar-refractivity contribution in [1.82, 2.24) is 15.2 Å². The van der Waals surface area contributed by atoms with Crippen molar-refractivity contribution in [3.8, 4) is 11.6 Å². The first-order valence-electron chi connectivity index (χ1n) is 8.91. The fraction of sp³-hybridized carbons (Fsp3) is 0.400. The average Bonchev–Trinajstić information content (AvgIpc) is 2.63. The molecule has 0 saturated carbocycles. The van der Waals surface area contributed by atoms with Gasteiger partial charge in [-0.3, -0.25) is 4.79 Å². The molecule has 132 valence electrons. The van der Waals surface area contributed by atoms with Crippen molar-refractivity contribution in [3.63, 3.8) is 0 Å². The van der Waals surface area contributed by atoms with E-state index in [4.69, 9.17) is 4.74 Å². The van der Waals surface area contributed by atoms with Gasteiger partial charge in [0, 0.05) is 25.8 Å². The molecule has 0 aliphatic carbocycles. The largest absolute Gasteiger partial charge is 0.438 e. The van der Waals surface area contributed by atoms with Gasteiger partial charge in [0.2, 0.25) is 5.88 Å². The minimum absolute atomic E-state index is 0.149. The van der Waals surface area contributed by atoms with E-state index in [1.54, 1.807) is 18.3 Å². The third kappa shape index (κ3) is 5.03. The van der Waals surface area contributed by atoms with Crippen molar-refractivity contribution >= 4 is 5.91 Å². The van der Waals surface area contributed by atoms with Gasteiger partial charge < -0.3 is 15.0 Å². The second-order valence-corrected chi connectivity index (χ2v) is 6.58. The zero-order chi connectivity index (χ0) is 17.5. The van der Waals surface area contributed by atoms with Gasteiger partial charge in [-0.2, -0.15) is 0 Å². The van der Waals surface area contributed by atoms with E-state index in [9.17, 15) is 4.79 Å². The molecule has 0 radical (unpaired) electrons. The summed E-state index contributed by atoms with van der Waals surface area (Å²) in [6.07, 6.45) is 4.18. The highest BCUT2D eigenvalue weighted by molar-refractivity contribution is 5.96. The molecule has 1 N–H and O–H groups in total. The van der Waals surface area contributed by atoms with Crippen LogP contribution in [0.4, 0.5) is 0 Å². The van der Waals surface area contributed by atoms with Crippen molar-refractivity contribution in [2.45, 2.75) is 19.8 Å². The molecule has 3 rings (SSSR count). The first kappa shape index (κ1) is 17.4. The molecule has 1 amide bonds. The Labute approximate surface area is 149 Å². The third-order valence-electron chi connectivity index (χ3n) is 4.43. The Hall–Kier alpha value is -2.40. The maximum absolute atomic E-state index is 12.5. The number of nitrogens with one attached hydrogen (secondary N) is 1. The number of hydrogen-bond donors (Lipinski definition) is 1. The number of piperidine rings is 1. The smallest absolute Gasteiger partial charge is 0.256 e. The number of carbonyl (C=O) groups excluding carboxylic acids is 1. The van der Waals surface area contributed by atoms with Gasteiger partial charge in [0.25, 0.3) is 5.91 Å². The lowest BCUT2D eigenvalue weighted by atomic mass is 10.0. The summed E-state index contributed by atoms with van der Waals surface area (Å²) < 4.78 is 5.76. The number of rotatable bonds is 6. The van der Waals surface area contributed by atoms with Gasteiger partial charge in [-0.25, -0.2) is 4.98 Å². The van der Waals surface area contributed by atoms with Crippen LogP contribution in [0.3, 0.4) is 0 Å². The zero-order valence-corrected chi connectivity index (χ0v) is 14.6. The predicted octanol–water partition coefficient (Wildman–Crippen LogP) is 3.34. The molecule has 1 fully saturated rings. The van der Waals surface area contributed by atoms with Crippen molar-refractivity contribution in [3.05, 3.63) is 54.2 Å². The van der Waals surface area contributed by atoms with Gasteiger partial charge in [-0.15, -0.1) is 0 Å². The summed E-state index contributed by atoms with van der Waals surface area (Å²) in [6.45, 7) is 6.03. The number of likely N-dealkylation sites (tertiary alicyclic amines) is 1. The highest BCUT2D eigenvalue weighted by Crippen LogP contribution is 2.22. The van der Waals surface area contributed by atoms with E-state index in [1.165, 1.54) is 12.8 Å². The van der Waals surface area contributed by atoms with Gasteiger partial charge >= 0.3 is 0 Å². The second kappa shape index (κ2) is 8.62. The lowest BCUT2D eigenvalue weighted by Gasteiger charge is -2.30. The Morgan fingerprint density at radius 2 is 2.12 bits per heavy atom. The Bertz CT molecular complexity index is 690. The Morgan fingerprint density at radius 3 is 2.92 bits per heavy atom. The summed E-state index contributed by atoms with van der Waals surface area (Å²) in [5.74, 6) is 1.59. The van der Waals surface area contributed by atoms with E-state index in [2.05, 4.69) is 22.1 Å². The maximum atomic E-state index is 12.5. The van der Waals surface area contributed by atoms with E-state index in [0.29, 0.717) is 23.7 Å². The van der Waals surface area contributed by atoms with Crippen molar-refractivity contribution in [1.29, 1.82) is 0 Å². The number of amides is 1. The first-order valence-corrected chi connectivity index (χ1v) is 8.91. The Balaban J connectivity index is 1.56. The molecule has 1 unspecified atom stereocenters. The maximum Gasteiger partial charge on any atom is 0.256 e.